The molecule has 3 aromatic rings. The minimum atomic E-state index is -0.612. The molecule has 5 heteroatoms. The Hall–Kier alpha value is -1.49. The summed E-state index contributed by atoms with van der Waals surface area (Å²) in [5, 5.41) is 12.9. The predicted molar refractivity (Wildman–Crippen MR) is 77.5 cm³/mol. The summed E-state index contributed by atoms with van der Waals surface area (Å²) in [6.07, 6.45) is 4.83. The molecule has 0 aliphatic carbocycles. The second-order valence-electron chi connectivity index (χ2n) is 4.26. The van der Waals surface area contributed by atoms with Crippen LogP contribution < -0.4 is 0 Å². The van der Waals surface area contributed by atoms with Crippen LogP contribution in [0.4, 0.5) is 0 Å². The molecule has 0 aromatic carbocycles. The monoisotopic (exact) mass is 290 g/mol. The molecule has 0 aliphatic rings. The lowest BCUT2D eigenvalue weighted by Gasteiger charge is -2.11. The first-order chi connectivity index (χ1) is 9.24. The van der Waals surface area contributed by atoms with Gasteiger partial charge in [0.25, 0.3) is 0 Å². The lowest BCUT2D eigenvalue weighted by Crippen LogP contribution is -2.03. The van der Waals surface area contributed by atoms with E-state index in [0.29, 0.717) is 11.4 Å². The number of aliphatic hydroxyl groups excluding tert-OH is 1. The molecular weight excluding hydrogens is 280 g/mol. The molecule has 0 amide bonds. The first-order valence-electron chi connectivity index (χ1n) is 5.83. The number of aliphatic hydroxyl groups is 1. The second-order valence-corrected chi connectivity index (χ2v) is 5.61. The van der Waals surface area contributed by atoms with Gasteiger partial charge in [-0.05, 0) is 29.1 Å². The Balaban J connectivity index is 1.87. The van der Waals surface area contributed by atoms with E-state index in [4.69, 9.17) is 11.6 Å². The Morgan fingerprint density at radius 3 is 3.05 bits per heavy atom. The quantitative estimate of drug-likeness (QED) is 0.801. The molecule has 3 aromatic heterocycles. The van der Waals surface area contributed by atoms with E-state index in [9.17, 15) is 5.11 Å². The molecule has 0 saturated heterocycles. The summed E-state index contributed by atoms with van der Waals surface area (Å²) in [5.41, 5.74) is 2.65. The van der Waals surface area contributed by atoms with Crippen molar-refractivity contribution in [3.8, 4) is 0 Å². The topological polar surface area (TPSA) is 46.0 Å². The number of thiophene rings is 1. The van der Waals surface area contributed by atoms with E-state index < -0.39 is 6.10 Å². The second kappa shape index (κ2) is 5.25. The summed E-state index contributed by atoms with van der Waals surface area (Å²) in [7, 11) is 0. The molecule has 1 N–H and O–H groups in total. The number of hydrogen-bond acceptors (Lipinski definition) is 4. The third kappa shape index (κ3) is 2.61. The lowest BCUT2D eigenvalue weighted by atomic mass is 10.0. The normalized spacial score (nSPS) is 12.7. The maximum absolute atomic E-state index is 10.3. The lowest BCUT2D eigenvalue weighted by molar-refractivity contribution is 0.178. The molecule has 0 radical (unpaired) electrons. The van der Waals surface area contributed by atoms with Crippen LogP contribution in [0.3, 0.4) is 0 Å². The number of rotatable bonds is 3. The van der Waals surface area contributed by atoms with Gasteiger partial charge in [0.2, 0.25) is 0 Å². The summed E-state index contributed by atoms with van der Waals surface area (Å²) in [6.45, 7) is 0. The van der Waals surface area contributed by atoms with Gasteiger partial charge in [-0.25, -0.2) is 0 Å². The highest BCUT2D eigenvalue weighted by Crippen LogP contribution is 2.26. The maximum Gasteiger partial charge on any atom is 0.0846 e. The average molecular weight is 291 g/mol. The van der Waals surface area contributed by atoms with Crippen molar-refractivity contribution >= 4 is 33.2 Å². The van der Waals surface area contributed by atoms with Crippen LogP contribution in [0.5, 0.6) is 0 Å². The highest BCUT2D eigenvalue weighted by atomic mass is 35.5. The molecule has 0 fully saturated rings. The van der Waals surface area contributed by atoms with Gasteiger partial charge in [0, 0.05) is 30.6 Å². The highest BCUT2D eigenvalue weighted by Gasteiger charge is 2.12. The molecular formula is C14H11ClN2OS. The predicted octanol–water partition coefficient (Wildman–Crippen LogP) is 3.62. The third-order valence-electron chi connectivity index (χ3n) is 2.98. The van der Waals surface area contributed by atoms with Crippen molar-refractivity contribution in [2.45, 2.75) is 12.5 Å². The molecule has 0 bridgehead atoms. The smallest absolute Gasteiger partial charge is 0.0846 e. The number of hydrogen-bond donors (Lipinski definition) is 1. The zero-order chi connectivity index (χ0) is 13.2. The van der Waals surface area contributed by atoms with Gasteiger partial charge in [-0.1, -0.05) is 11.6 Å². The fraction of sp³-hybridized carbons (Fsp3) is 0.143. The van der Waals surface area contributed by atoms with E-state index in [2.05, 4.69) is 9.97 Å². The van der Waals surface area contributed by atoms with E-state index in [-0.39, 0.29) is 0 Å². The largest absolute Gasteiger partial charge is 0.388 e. The molecule has 3 nitrogen and oxygen atoms in total. The molecule has 1 unspecified atom stereocenters. The zero-order valence-corrected chi connectivity index (χ0v) is 11.5. The Kier molecular flexibility index (Phi) is 3.46. The van der Waals surface area contributed by atoms with Gasteiger partial charge < -0.3 is 5.11 Å². The van der Waals surface area contributed by atoms with Crippen molar-refractivity contribution in [3.63, 3.8) is 0 Å². The maximum atomic E-state index is 10.3. The van der Waals surface area contributed by atoms with E-state index in [1.54, 1.807) is 29.9 Å². The van der Waals surface area contributed by atoms with Gasteiger partial charge in [0.05, 0.1) is 21.3 Å². The van der Waals surface area contributed by atoms with Crippen molar-refractivity contribution < 1.29 is 5.11 Å². The molecule has 0 spiro atoms. The van der Waals surface area contributed by atoms with Crippen LogP contribution in [0, 0.1) is 0 Å². The average Bonchev–Trinajstić information content (AvgIpc) is 2.88. The van der Waals surface area contributed by atoms with Crippen molar-refractivity contribution in [3.05, 3.63) is 58.3 Å². The molecule has 0 aliphatic heterocycles. The summed E-state index contributed by atoms with van der Waals surface area (Å²) < 4.78 is 1.08. The Morgan fingerprint density at radius 1 is 1.32 bits per heavy atom. The van der Waals surface area contributed by atoms with Crippen molar-refractivity contribution in [1.82, 2.24) is 9.97 Å². The van der Waals surface area contributed by atoms with Crippen molar-refractivity contribution in [1.29, 1.82) is 0 Å². The Bertz CT molecular complexity index is 713. The molecule has 0 saturated carbocycles. The summed E-state index contributed by atoms with van der Waals surface area (Å²) in [5.74, 6) is 0. The van der Waals surface area contributed by atoms with Crippen LogP contribution >= 0.6 is 22.9 Å². The van der Waals surface area contributed by atoms with Gasteiger partial charge >= 0.3 is 0 Å². The molecule has 1 atom stereocenters. The van der Waals surface area contributed by atoms with Crippen LogP contribution in [0.25, 0.3) is 10.2 Å². The van der Waals surface area contributed by atoms with Crippen molar-refractivity contribution in [2.24, 2.45) is 0 Å². The first-order valence-corrected chi connectivity index (χ1v) is 7.09. The van der Waals surface area contributed by atoms with Crippen LogP contribution in [0.15, 0.2) is 42.2 Å². The molecule has 96 valence electrons. The molecule has 3 heterocycles. The number of halogens is 1. The fourth-order valence-electron chi connectivity index (χ4n) is 1.94. The number of fused-ring (bicyclic) bond motifs is 1. The highest BCUT2D eigenvalue weighted by molar-refractivity contribution is 7.17. The summed E-state index contributed by atoms with van der Waals surface area (Å²) in [6, 6.07) is 5.77. The standard InChI is InChI=1S/C14H11ClN2OS/c15-11-8-16-3-1-9(11)5-13(18)10-6-14-12(17-7-10)2-4-19-14/h1-4,6-8,13,18H,5H2. The van der Waals surface area contributed by atoms with Crippen LogP contribution in [-0.4, -0.2) is 15.1 Å². The van der Waals surface area contributed by atoms with E-state index in [1.165, 1.54) is 0 Å². The number of aromatic nitrogens is 2. The Morgan fingerprint density at radius 2 is 2.21 bits per heavy atom. The van der Waals surface area contributed by atoms with Crippen LogP contribution in [0.1, 0.15) is 17.2 Å². The summed E-state index contributed by atoms with van der Waals surface area (Å²) in [4.78, 5) is 8.27. The number of nitrogens with zero attached hydrogens (tertiary/aromatic N) is 2. The van der Waals surface area contributed by atoms with E-state index in [0.717, 1.165) is 21.3 Å². The third-order valence-corrected chi connectivity index (χ3v) is 4.17. The SMILES string of the molecule is OC(Cc1ccncc1Cl)c1cnc2ccsc2c1. The van der Waals surface area contributed by atoms with Gasteiger partial charge in [-0.3, -0.25) is 9.97 Å². The van der Waals surface area contributed by atoms with Crippen molar-refractivity contribution in [2.75, 3.05) is 0 Å². The summed E-state index contributed by atoms with van der Waals surface area (Å²) >= 11 is 7.66. The van der Waals surface area contributed by atoms with Gasteiger partial charge in [-0.15, -0.1) is 11.3 Å². The van der Waals surface area contributed by atoms with E-state index in [1.807, 2.05) is 23.6 Å². The zero-order valence-electron chi connectivity index (χ0n) is 9.95. The van der Waals surface area contributed by atoms with Gasteiger partial charge in [0.1, 0.15) is 0 Å². The molecule has 3 rings (SSSR count). The fourth-order valence-corrected chi connectivity index (χ4v) is 2.93. The van der Waals surface area contributed by atoms with Crippen LogP contribution in [0.2, 0.25) is 5.02 Å². The minimum Gasteiger partial charge on any atom is -0.388 e. The minimum absolute atomic E-state index is 0.458. The van der Waals surface area contributed by atoms with Gasteiger partial charge in [-0.2, -0.15) is 0 Å². The van der Waals surface area contributed by atoms with Gasteiger partial charge in [0.15, 0.2) is 0 Å². The number of pyridine rings is 2. The van der Waals surface area contributed by atoms with E-state index >= 15 is 0 Å². The first kappa shape index (κ1) is 12.5. The van der Waals surface area contributed by atoms with Crippen LogP contribution in [-0.2, 0) is 6.42 Å². The molecule has 19 heavy (non-hydrogen) atoms. The Labute approximate surface area is 119 Å².